The Balaban J connectivity index is 2.15. The van der Waals surface area contributed by atoms with E-state index in [1.807, 2.05) is 24.3 Å². The molecule has 2 atom stereocenters. The molecule has 0 spiro atoms. The van der Waals surface area contributed by atoms with Crippen LogP contribution >= 0.6 is 11.6 Å². The van der Waals surface area contributed by atoms with Crippen LogP contribution in [-0.4, -0.2) is 11.7 Å². The lowest BCUT2D eigenvalue weighted by atomic mass is 9.71. The van der Waals surface area contributed by atoms with Crippen molar-refractivity contribution in [2.75, 3.05) is 6.61 Å². The lowest BCUT2D eigenvalue weighted by Gasteiger charge is -2.37. The Bertz CT molecular complexity index is 710. The first kappa shape index (κ1) is 13.9. The molecule has 0 aromatic heterocycles. The van der Waals surface area contributed by atoms with Crippen LogP contribution in [0, 0.1) is 11.3 Å². The van der Waals surface area contributed by atoms with Gasteiger partial charge in [-0.2, -0.15) is 5.26 Å². The Hall–Kier alpha value is -2.02. The van der Waals surface area contributed by atoms with Crippen molar-refractivity contribution in [3.8, 4) is 11.8 Å². The molecule has 4 heteroatoms. The Morgan fingerprint density at radius 3 is 2.67 bits per heavy atom. The summed E-state index contributed by atoms with van der Waals surface area (Å²) in [7, 11) is 0. The molecule has 0 aliphatic carbocycles. The van der Waals surface area contributed by atoms with E-state index in [0.717, 1.165) is 0 Å². The molecule has 2 aromatic rings. The molecule has 106 valence electrons. The van der Waals surface area contributed by atoms with Gasteiger partial charge in [0.15, 0.2) is 0 Å². The number of aliphatic hydroxyl groups excluding tert-OH is 1. The zero-order valence-electron chi connectivity index (χ0n) is 11.3. The summed E-state index contributed by atoms with van der Waals surface area (Å²) in [6.45, 7) is 0.395. The van der Waals surface area contributed by atoms with E-state index in [1.54, 1.807) is 24.3 Å². The summed E-state index contributed by atoms with van der Waals surface area (Å²) in [6, 6.07) is 16.7. The summed E-state index contributed by atoms with van der Waals surface area (Å²) in [5.74, 6) is 0.649. The molecular formula is C17H14ClNO2. The number of hydrogen-bond acceptors (Lipinski definition) is 3. The van der Waals surface area contributed by atoms with Crippen molar-refractivity contribution in [1.82, 2.24) is 0 Å². The van der Waals surface area contributed by atoms with Gasteiger partial charge in [-0.15, -0.1) is 0 Å². The van der Waals surface area contributed by atoms with Gasteiger partial charge in [0.05, 0.1) is 12.7 Å². The second-order valence-electron chi connectivity index (χ2n) is 5.10. The average Bonchev–Trinajstić information content (AvgIpc) is 2.54. The summed E-state index contributed by atoms with van der Waals surface area (Å²) >= 11 is 6.18. The highest BCUT2D eigenvalue weighted by Gasteiger charge is 2.45. The van der Waals surface area contributed by atoms with E-state index in [2.05, 4.69) is 6.07 Å². The number of fused-ring (bicyclic) bond motifs is 1. The molecule has 21 heavy (non-hydrogen) atoms. The van der Waals surface area contributed by atoms with Gasteiger partial charge < -0.3 is 9.84 Å². The molecule has 0 bridgehead atoms. The number of halogens is 1. The molecule has 0 amide bonds. The molecule has 0 saturated heterocycles. The topological polar surface area (TPSA) is 53.2 Å². The van der Waals surface area contributed by atoms with E-state index in [9.17, 15) is 10.4 Å². The van der Waals surface area contributed by atoms with Gasteiger partial charge in [-0.25, -0.2) is 0 Å². The molecule has 0 radical (unpaired) electrons. The van der Waals surface area contributed by atoms with E-state index in [1.165, 1.54) is 0 Å². The molecule has 1 aliphatic heterocycles. The van der Waals surface area contributed by atoms with Gasteiger partial charge in [0.25, 0.3) is 0 Å². The van der Waals surface area contributed by atoms with Crippen molar-refractivity contribution in [2.45, 2.75) is 17.9 Å². The van der Waals surface area contributed by atoms with E-state index < -0.39 is 11.5 Å². The van der Waals surface area contributed by atoms with Crippen LogP contribution in [0.3, 0.4) is 0 Å². The molecule has 1 heterocycles. The SMILES string of the molecule is N#CC1(C(O)c2ccccc2Cl)CCOc2ccccc21. The van der Waals surface area contributed by atoms with Crippen molar-refractivity contribution in [3.05, 3.63) is 64.7 Å². The third-order valence-corrected chi connectivity index (χ3v) is 4.33. The first-order valence-electron chi connectivity index (χ1n) is 6.75. The lowest BCUT2D eigenvalue weighted by molar-refractivity contribution is 0.0807. The van der Waals surface area contributed by atoms with Gasteiger partial charge in [-0.3, -0.25) is 0 Å². The summed E-state index contributed by atoms with van der Waals surface area (Å²) in [4.78, 5) is 0. The summed E-state index contributed by atoms with van der Waals surface area (Å²) in [5.41, 5.74) is 0.239. The number of nitriles is 1. The van der Waals surface area contributed by atoms with Gasteiger partial charge in [-0.1, -0.05) is 48.0 Å². The smallest absolute Gasteiger partial charge is 0.124 e. The fraction of sp³-hybridized carbons (Fsp3) is 0.235. The summed E-state index contributed by atoms with van der Waals surface area (Å²) < 4.78 is 5.60. The fourth-order valence-corrected chi connectivity index (χ4v) is 3.08. The van der Waals surface area contributed by atoms with Crippen LogP contribution < -0.4 is 4.74 Å². The van der Waals surface area contributed by atoms with Gasteiger partial charge in [-0.05, 0) is 12.1 Å². The third kappa shape index (κ3) is 2.17. The zero-order chi connectivity index (χ0) is 14.9. The van der Waals surface area contributed by atoms with Crippen LogP contribution in [0.5, 0.6) is 5.75 Å². The van der Waals surface area contributed by atoms with Crippen molar-refractivity contribution in [1.29, 1.82) is 5.26 Å². The molecule has 0 saturated carbocycles. The molecular weight excluding hydrogens is 286 g/mol. The molecule has 3 rings (SSSR count). The standard InChI is InChI=1S/C17H14ClNO2/c18-14-7-3-1-5-12(14)16(20)17(11-19)9-10-21-15-8-4-2-6-13(15)17/h1-8,16,20H,9-10H2. The highest BCUT2D eigenvalue weighted by molar-refractivity contribution is 6.31. The largest absolute Gasteiger partial charge is 0.493 e. The lowest BCUT2D eigenvalue weighted by Crippen LogP contribution is -2.37. The van der Waals surface area contributed by atoms with Gasteiger partial charge in [0.2, 0.25) is 0 Å². The van der Waals surface area contributed by atoms with E-state index in [4.69, 9.17) is 16.3 Å². The van der Waals surface area contributed by atoms with E-state index in [-0.39, 0.29) is 0 Å². The number of ether oxygens (including phenoxy) is 1. The van der Waals surface area contributed by atoms with Crippen LogP contribution in [-0.2, 0) is 5.41 Å². The predicted molar refractivity (Wildman–Crippen MR) is 80.3 cm³/mol. The molecule has 2 aromatic carbocycles. The Labute approximate surface area is 128 Å². The number of hydrogen-bond donors (Lipinski definition) is 1. The van der Waals surface area contributed by atoms with Crippen molar-refractivity contribution < 1.29 is 9.84 Å². The van der Waals surface area contributed by atoms with Gasteiger partial charge in [0, 0.05) is 22.6 Å². The maximum atomic E-state index is 10.9. The molecule has 1 N–H and O–H groups in total. The second kappa shape index (κ2) is 5.40. The fourth-order valence-electron chi connectivity index (χ4n) is 2.84. The Morgan fingerprint density at radius 1 is 1.19 bits per heavy atom. The summed E-state index contributed by atoms with van der Waals surface area (Å²) in [5, 5.41) is 21.1. The second-order valence-corrected chi connectivity index (χ2v) is 5.51. The number of rotatable bonds is 2. The average molecular weight is 300 g/mol. The molecule has 3 nitrogen and oxygen atoms in total. The van der Waals surface area contributed by atoms with Crippen LogP contribution in [0.25, 0.3) is 0 Å². The van der Waals surface area contributed by atoms with E-state index >= 15 is 0 Å². The molecule has 2 unspecified atom stereocenters. The van der Waals surface area contributed by atoms with Gasteiger partial charge >= 0.3 is 0 Å². The highest BCUT2D eigenvalue weighted by atomic mass is 35.5. The minimum Gasteiger partial charge on any atom is -0.493 e. The van der Waals surface area contributed by atoms with Crippen LogP contribution in [0.1, 0.15) is 23.7 Å². The third-order valence-electron chi connectivity index (χ3n) is 3.99. The minimum atomic E-state index is -1.04. The zero-order valence-corrected chi connectivity index (χ0v) is 12.0. The van der Waals surface area contributed by atoms with Crippen molar-refractivity contribution >= 4 is 11.6 Å². The molecule has 1 aliphatic rings. The van der Waals surface area contributed by atoms with Crippen molar-refractivity contribution in [3.63, 3.8) is 0 Å². The predicted octanol–water partition coefficient (Wildman–Crippen LogP) is 3.62. The maximum Gasteiger partial charge on any atom is 0.124 e. The first-order valence-corrected chi connectivity index (χ1v) is 7.13. The van der Waals surface area contributed by atoms with Gasteiger partial charge in [0.1, 0.15) is 17.3 Å². The first-order chi connectivity index (χ1) is 10.2. The maximum absolute atomic E-state index is 10.9. The highest BCUT2D eigenvalue weighted by Crippen LogP contribution is 2.47. The Kier molecular flexibility index (Phi) is 3.59. The monoisotopic (exact) mass is 299 g/mol. The van der Waals surface area contributed by atoms with Crippen LogP contribution in [0.15, 0.2) is 48.5 Å². The van der Waals surface area contributed by atoms with Crippen LogP contribution in [0.4, 0.5) is 0 Å². The number of nitrogens with zero attached hydrogens (tertiary/aromatic N) is 1. The van der Waals surface area contributed by atoms with E-state index in [0.29, 0.717) is 34.9 Å². The number of aliphatic hydroxyl groups is 1. The Morgan fingerprint density at radius 2 is 1.90 bits per heavy atom. The van der Waals surface area contributed by atoms with Crippen molar-refractivity contribution in [2.24, 2.45) is 0 Å². The summed E-state index contributed by atoms with van der Waals surface area (Å²) in [6.07, 6.45) is -0.575. The van der Waals surface area contributed by atoms with Crippen LogP contribution in [0.2, 0.25) is 5.02 Å². The minimum absolute atomic E-state index is 0.395. The normalized spacial score (nSPS) is 21.8. The number of para-hydroxylation sites is 1. The molecule has 0 fully saturated rings. The number of benzene rings is 2. The quantitative estimate of drug-likeness (QED) is 0.921.